The van der Waals surface area contributed by atoms with E-state index in [2.05, 4.69) is 65.3 Å². The summed E-state index contributed by atoms with van der Waals surface area (Å²) in [6, 6.07) is 0. The lowest BCUT2D eigenvalue weighted by Gasteiger charge is -2.41. The van der Waals surface area contributed by atoms with Crippen LogP contribution < -0.4 is 0 Å². The zero-order valence-electron chi connectivity index (χ0n) is 12.7. The fourth-order valence-corrected chi connectivity index (χ4v) is 1.48. The van der Waals surface area contributed by atoms with Gasteiger partial charge in [-0.05, 0) is 33.2 Å². The Hall–Kier alpha value is -0.0800. The largest absolute Gasteiger partial charge is 0.304 e. The van der Waals surface area contributed by atoms with E-state index in [0.717, 1.165) is 0 Å². The number of hydrogen-bond donors (Lipinski definition) is 0. The topological polar surface area (TPSA) is 6.48 Å². The van der Waals surface area contributed by atoms with Crippen LogP contribution in [0.5, 0.6) is 0 Å². The van der Waals surface area contributed by atoms with Crippen molar-refractivity contribution >= 4 is 0 Å². The first-order valence-electron chi connectivity index (χ1n) is 6.44. The maximum Gasteiger partial charge on any atom is 0.0126 e. The molecule has 0 N–H and O–H groups in total. The van der Waals surface area contributed by atoms with Crippen LogP contribution in [0.4, 0.5) is 0 Å². The van der Waals surface area contributed by atoms with Gasteiger partial charge in [-0.15, -0.1) is 0 Å². The lowest BCUT2D eigenvalue weighted by Crippen LogP contribution is -2.52. The van der Waals surface area contributed by atoms with Gasteiger partial charge in [0.05, 0.1) is 0 Å². The summed E-state index contributed by atoms with van der Waals surface area (Å²) in [6.07, 6.45) is 0. The second-order valence-electron chi connectivity index (χ2n) is 7.46. The molecule has 98 valence electrons. The predicted molar refractivity (Wildman–Crippen MR) is 74.0 cm³/mol. The van der Waals surface area contributed by atoms with Crippen LogP contribution in [-0.2, 0) is 0 Å². The average Bonchev–Trinajstić information content (AvgIpc) is 1.99. The highest BCUT2D eigenvalue weighted by Crippen LogP contribution is 2.14. The van der Waals surface area contributed by atoms with E-state index in [0.29, 0.717) is 11.0 Å². The molecule has 0 aromatic heterocycles. The second-order valence-corrected chi connectivity index (χ2v) is 7.46. The van der Waals surface area contributed by atoms with Crippen LogP contribution >= 0.6 is 0 Å². The van der Waals surface area contributed by atoms with Gasteiger partial charge in [-0.25, -0.2) is 0 Å². The first-order chi connectivity index (χ1) is 7.00. The summed E-state index contributed by atoms with van der Waals surface area (Å²) in [5.41, 5.74) is 0.862. The molecule has 1 fully saturated rings. The van der Waals surface area contributed by atoms with E-state index < -0.39 is 0 Å². The van der Waals surface area contributed by atoms with Crippen molar-refractivity contribution in [1.82, 2.24) is 9.80 Å². The van der Waals surface area contributed by atoms with Crippen LogP contribution in [0.1, 0.15) is 48.5 Å². The van der Waals surface area contributed by atoms with Gasteiger partial charge in [-0.3, -0.25) is 4.90 Å². The molecule has 0 aliphatic carbocycles. The highest BCUT2D eigenvalue weighted by atomic mass is 15.3. The van der Waals surface area contributed by atoms with E-state index in [-0.39, 0.29) is 0 Å². The third-order valence-corrected chi connectivity index (χ3v) is 2.45. The first kappa shape index (κ1) is 15.9. The molecule has 0 bridgehead atoms. The molecular formula is C14H32N2. The van der Waals surface area contributed by atoms with Crippen molar-refractivity contribution in [2.45, 2.75) is 54.0 Å². The Balaban J connectivity index is 0.000000385. The van der Waals surface area contributed by atoms with E-state index in [1.807, 2.05) is 0 Å². The van der Waals surface area contributed by atoms with Crippen molar-refractivity contribution in [1.29, 1.82) is 0 Å². The number of rotatable bonds is 0. The molecular weight excluding hydrogens is 196 g/mol. The van der Waals surface area contributed by atoms with Gasteiger partial charge >= 0.3 is 0 Å². The summed E-state index contributed by atoms with van der Waals surface area (Å²) in [4.78, 5) is 4.94. The van der Waals surface area contributed by atoms with Crippen molar-refractivity contribution in [2.24, 2.45) is 5.41 Å². The Kier molecular flexibility index (Phi) is 5.99. The molecule has 0 radical (unpaired) electrons. The molecule has 0 atom stereocenters. The second kappa shape index (κ2) is 6.02. The third-order valence-electron chi connectivity index (χ3n) is 2.45. The summed E-state index contributed by atoms with van der Waals surface area (Å²) in [5, 5.41) is 0. The highest BCUT2D eigenvalue weighted by Gasteiger charge is 2.23. The number of piperazine rings is 1. The van der Waals surface area contributed by atoms with Gasteiger partial charge in [0.25, 0.3) is 0 Å². The SMILES string of the molecule is CC(C)(C)C.CN1CCN(C(C)(C)C)CC1. The normalized spacial score (nSPS) is 20.2. The number of nitrogens with zero attached hydrogens (tertiary/aromatic N) is 2. The van der Waals surface area contributed by atoms with Crippen LogP contribution in [0, 0.1) is 5.41 Å². The minimum atomic E-state index is 0.362. The zero-order valence-corrected chi connectivity index (χ0v) is 12.7. The molecule has 0 aromatic rings. The molecule has 1 rings (SSSR count). The lowest BCUT2D eigenvalue weighted by atomic mass is 10.0. The summed E-state index contributed by atoms with van der Waals surface area (Å²) in [5.74, 6) is 0. The van der Waals surface area contributed by atoms with Crippen molar-refractivity contribution in [3.8, 4) is 0 Å². The maximum atomic E-state index is 2.55. The number of hydrogen-bond acceptors (Lipinski definition) is 2. The van der Waals surface area contributed by atoms with Gasteiger partial charge in [-0.2, -0.15) is 0 Å². The fraction of sp³-hybridized carbons (Fsp3) is 1.00. The zero-order chi connectivity index (χ0) is 13.0. The van der Waals surface area contributed by atoms with E-state index in [9.17, 15) is 0 Å². The van der Waals surface area contributed by atoms with Crippen molar-refractivity contribution in [3.63, 3.8) is 0 Å². The fourth-order valence-electron chi connectivity index (χ4n) is 1.48. The molecule has 1 heterocycles. The van der Waals surface area contributed by atoms with Crippen molar-refractivity contribution in [3.05, 3.63) is 0 Å². The van der Waals surface area contributed by atoms with Crippen LogP contribution in [0.3, 0.4) is 0 Å². The maximum absolute atomic E-state index is 2.55. The van der Waals surface area contributed by atoms with Crippen LogP contribution in [0.15, 0.2) is 0 Å². The van der Waals surface area contributed by atoms with Gasteiger partial charge in [0.1, 0.15) is 0 Å². The van der Waals surface area contributed by atoms with Crippen molar-refractivity contribution < 1.29 is 0 Å². The van der Waals surface area contributed by atoms with E-state index >= 15 is 0 Å². The Bertz CT molecular complexity index is 172. The molecule has 1 saturated heterocycles. The van der Waals surface area contributed by atoms with Gasteiger partial charge in [-0.1, -0.05) is 27.7 Å². The molecule has 0 saturated carbocycles. The molecule has 0 spiro atoms. The van der Waals surface area contributed by atoms with Crippen molar-refractivity contribution in [2.75, 3.05) is 33.2 Å². The van der Waals surface area contributed by atoms with Crippen LogP contribution in [-0.4, -0.2) is 48.6 Å². The molecule has 1 aliphatic heterocycles. The predicted octanol–water partition coefficient (Wildman–Crippen LogP) is 3.08. The lowest BCUT2D eigenvalue weighted by molar-refractivity contribution is 0.0735. The summed E-state index contributed by atoms with van der Waals surface area (Å²) in [6.45, 7) is 20.5. The summed E-state index contributed by atoms with van der Waals surface area (Å²) >= 11 is 0. The quantitative estimate of drug-likeness (QED) is 0.629. The molecule has 0 aromatic carbocycles. The smallest absolute Gasteiger partial charge is 0.0126 e. The van der Waals surface area contributed by atoms with E-state index in [4.69, 9.17) is 0 Å². The molecule has 0 amide bonds. The Morgan fingerprint density at radius 3 is 1.25 bits per heavy atom. The van der Waals surface area contributed by atoms with Gasteiger partial charge in [0.2, 0.25) is 0 Å². The minimum absolute atomic E-state index is 0.362. The first-order valence-corrected chi connectivity index (χ1v) is 6.44. The van der Waals surface area contributed by atoms with Crippen LogP contribution in [0.2, 0.25) is 0 Å². The van der Waals surface area contributed by atoms with E-state index in [1.54, 1.807) is 0 Å². The Labute approximate surface area is 103 Å². The van der Waals surface area contributed by atoms with E-state index in [1.165, 1.54) is 26.2 Å². The van der Waals surface area contributed by atoms with Gasteiger partial charge < -0.3 is 4.90 Å². The monoisotopic (exact) mass is 228 g/mol. The molecule has 0 unspecified atom stereocenters. The van der Waals surface area contributed by atoms with Crippen LogP contribution in [0.25, 0.3) is 0 Å². The average molecular weight is 228 g/mol. The van der Waals surface area contributed by atoms with Gasteiger partial charge in [0.15, 0.2) is 0 Å². The molecule has 16 heavy (non-hydrogen) atoms. The Morgan fingerprint density at radius 2 is 1.00 bits per heavy atom. The highest BCUT2D eigenvalue weighted by molar-refractivity contribution is 4.80. The standard InChI is InChI=1S/C9H20N2.C5H12/c1-9(2,3)11-7-5-10(4)6-8-11;1-5(2,3)4/h5-8H2,1-4H3;1-4H3. The number of likely N-dealkylation sites (N-methyl/N-ethyl adjacent to an activating group) is 1. The molecule has 2 heteroatoms. The summed E-state index contributed by atoms with van der Waals surface area (Å²) in [7, 11) is 2.19. The Morgan fingerprint density at radius 1 is 0.688 bits per heavy atom. The molecule has 1 aliphatic rings. The minimum Gasteiger partial charge on any atom is -0.304 e. The van der Waals surface area contributed by atoms with Gasteiger partial charge in [0, 0.05) is 31.7 Å². The third kappa shape index (κ3) is 9.17. The molecule has 2 nitrogen and oxygen atoms in total. The summed E-state index contributed by atoms with van der Waals surface area (Å²) < 4.78 is 0.